The maximum atomic E-state index is 11.1. The number of cyclic esters (lactones) is 1. The van der Waals surface area contributed by atoms with E-state index in [1.807, 2.05) is 0 Å². The first kappa shape index (κ1) is 9.65. The van der Waals surface area contributed by atoms with E-state index in [1.54, 1.807) is 0 Å². The zero-order valence-electron chi connectivity index (χ0n) is 8.03. The van der Waals surface area contributed by atoms with Crippen molar-refractivity contribution < 1.29 is 19.1 Å². The first-order chi connectivity index (χ1) is 6.75. The number of hydrogen-bond donors (Lipinski definition) is 0. The molecular formula is C10H14O4. The lowest BCUT2D eigenvalue weighted by Gasteiger charge is -2.23. The summed E-state index contributed by atoms with van der Waals surface area (Å²) in [6.45, 7) is 0.467. The zero-order valence-corrected chi connectivity index (χ0v) is 8.03. The molecule has 1 saturated carbocycles. The first-order valence-electron chi connectivity index (χ1n) is 5.09. The third kappa shape index (κ3) is 2.12. The van der Waals surface area contributed by atoms with Crippen LogP contribution < -0.4 is 0 Å². The summed E-state index contributed by atoms with van der Waals surface area (Å²) in [5, 5.41) is 0. The van der Waals surface area contributed by atoms with Crippen molar-refractivity contribution in [1.29, 1.82) is 0 Å². The number of rotatable bonds is 2. The molecular weight excluding hydrogens is 184 g/mol. The van der Waals surface area contributed by atoms with E-state index in [0.717, 1.165) is 12.8 Å². The molecule has 1 atom stereocenters. The SMILES string of the molecule is O=C1CCC(OC2CCOC2=O)CC1. The lowest BCUT2D eigenvalue weighted by molar-refractivity contribution is -0.151. The number of esters is 1. The molecule has 4 heteroatoms. The van der Waals surface area contributed by atoms with Crippen molar-refractivity contribution in [2.45, 2.75) is 44.3 Å². The third-order valence-electron chi connectivity index (χ3n) is 2.73. The van der Waals surface area contributed by atoms with Crippen LogP contribution in [0.3, 0.4) is 0 Å². The van der Waals surface area contributed by atoms with E-state index in [0.29, 0.717) is 31.7 Å². The van der Waals surface area contributed by atoms with Gasteiger partial charge in [0.2, 0.25) is 0 Å². The van der Waals surface area contributed by atoms with E-state index in [9.17, 15) is 9.59 Å². The lowest BCUT2D eigenvalue weighted by Crippen LogP contribution is -2.29. The Kier molecular flexibility index (Phi) is 2.82. The van der Waals surface area contributed by atoms with Crippen LogP contribution in [0.2, 0.25) is 0 Å². The van der Waals surface area contributed by atoms with Gasteiger partial charge < -0.3 is 9.47 Å². The van der Waals surface area contributed by atoms with Gasteiger partial charge in [0.15, 0.2) is 6.10 Å². The molecule has 1 aliphatic carbocycles. The monoisotopic (exact) mass is 198 g/mol. The summed E-state index contributed by atoms with van der Waals surface area (Å²) >= 11 is 0. The Morgan fingerprint density at radius 3 is 2.43 bits per heavy atom. The van der Waals surface area contributed by atoms with Crippen LogP contribution in [-0.4, -0.2) is 30.6 Å². The Hall–Kier alpha value is -0.900. The Balaban J connectivity index is 1.80. The molecule has 0 bridgehead atoms. The number of carbonyl (C=O) groups excluding carboxylic acids is 2. The zero-order chi connectivity index (χ0) is 9.97. The van der Waals surface area contributed by atoms with Gasteiger partial charge in [0.05, 0.1) is 12.7 Å². The minimum Gasteiger partial charge on any atom is -0.464 e. The minimum absolute atomic E-state index is 0.0725. The summed E-state index contributed by atoms with van der Waals surface area (Å²) in [6, 6.07) is 0. The smallest absolute Gasteiger partial charge is 0.335 e. The fourth-order valence-corrected chi connectivity index (χ4v) is 1.88. The number of hydrogen-bond acceptors (Lipinski definition) is 4. The average molecular weight is 198 g/mol. The highest BCUT2D eigenvalue weighted by Gasteiger charge is 2.31. The van der Waals surface area contributed by atoms with Crippen LogP contribution >= 0.6 is 0 Å². The highest BCUT2D eigenvalue weighted by molar-refractivity contribution is 5.79. The van der Waals surface area contributed by atoms with Crippen molar-refractivity contribution >= 4 is 11.8 Å². The van der Waals surface area contributed by atoms with Gasteiger partial charge in [-0.1, -0.05) is 0 Å². The van der Waals surface area contributed by atoms with Crippen LogP contribution in [0, 0.1) is 0 Å². The summed E-state index contributed by atoms with van der Waals surface area (Å²) < 4.78 is 10.4. The molecule has 1 saturated heterocycles. The molecule has 0 aromatic carbocycles. The number of carbonyl (C=O) groups is 2. The van der Waals surface area contributed by atoms with Crippen LogP contribution in [0.4, 0.5) is 0 Å². The summed E-state index contributed by atoms with van der Waals surface area (Å²) in [4.78, 5) is 22.1. The maximum absolute atomic E-state index is 11.1. The van der Waals surface area contributed by atoms with E-state index in [4.69, 9.17) is 9.47 Å². The van der Waals surface area contributed by atoms with Gasteiger partial charge in [0.1, 0.15) is 5.78 Å². The number of Topliss-reactive ketones (excluding diaryl/α,β-unsaturated/α-hetero) is 1. The molecule has 4 nitrogen and oxygen atoms in total. The predicted octanol–water partition coefficient (Wildman–Crippen LogP) is 0.830. The van der Waals surface area contributed by atoms with Crippen LogP contribution in [0.5, 0.6) is 0 Å². The van der Waals surface area contributed by atoms with Crippen LogP contribution in [0.15, 0.2) is 0 Å². The second kappa shape index (κ2) is 4.09. The van der Waals surface area contributed by atoms with E-state index in [2.05, 4.69) is 0 Å². The molecule has 2 fully saturated rings. The molecule has 2 rings (SSSR count). The second-order valence-corrected chi connectivity index (χ2v) is 3.82. The van der Waals surface area contributed by atoms with E-state index in [1.165, 1.54) is 0 Å². The lowest BCUT2D eigenvalue weighted by atomic mass is 9.96. The summed E-state index contributed by atoms with van der Waals surface area (Å²) in [5.41, 5.74) is 0. The third-order valence-corrected chi connectivity index (χ3v) is 2.73. The predicted molar refractivity (Wildman–Crippen MR) is 47.7 cm³/mol. The van der Waals surface area contributed by atoms with E-state index >= 15 is 0 Å². The van der Waals surface area contributed by atoms with Crippen LogP contribution in [-0.2, 0) is 19.1 Å². The van der Waals surface area contributed by atoms with Crippen molar-refractivity contribution in [3.8, 4) is 0 Å². The first-order valence-corrected chi connectivity index (χ1v) is 5.09. The summed E-state index contributed by atoms with van der Waals surface area (Å²) in [5.74, 6) is 0.0562. The van der Waals surface area contributed by atoms with Gasteiger partial charge in [0, 0.05) is 19.3 Å². The Morgan fingerprint density at radius 2 is 1.86 bits per heavy atom. The second-order valence-electron chi connectivity index (χ2n) is 3.82. The van der Waals surface area contributed by atoms with Gasteiger partial charge in [-0.2, -0.15) is 0 Å². The van der Waals surface area contributed by atoms with Crippen molar-refractivity contribution in [2.24, 2.45) is 0 Å². The van der Waals surface area contributed by atoms with Gasteiger partial charge in [0.25, 0.3) is 0 Å². The topological polar surface area (TPSA) is 52.6 Å². The molecule has 1 unspecified atom stereocenters. The molecule has 0 N–H and O–H groups in total. The fourth-order valence-electron chi connectivity index (χ4n) is 1.88. The molecule has 0 radical (unpaired) electrons. The molecule has 2 aliphatic rings. The van der Waals surface area contributed by atoms with E-state index < -0.39 is 0 Å². The number of ketones is 1. The maximum Gasteiger partial charge on any atom is 0.335 e. The fraction of sp³-hybridized carbons (Fsp3) is 0.800. The Labute approximate surface area is 82.6 Å². The molecule has 0 aromatic rings. The van der Waals surface area contributed by atoms with Gasteiger partial charge >= 0.3 is 5.97 Å². The van der Waals surface area contributed by atoms with Gasteiger partial charge in [-0.3, -0.25) is 4.79 Å². The molecule has 0 aromatic heterocycles. The molecule has 0 spiro atoms. The van der Waals surface area contributed by atoms with Crippen molar-refractivity contribution in [2.75, 3.05) is 6.61 Å². The molecule has 14 heavy (non-hydrogen) atoms. The molecule has 78 valence electrons. The normalized spacial score (nSPS) is 29.3. The van der Waals surface area contributed by atoms with E-state index in [-0.39, 0.29) is 18.2 Å². The largest absolute Gasteiger partial charge is 0.464 e. The highest BCUT2D eigenvalue weighted by atomic mass is 16.6. The van der Waals surface area contributed by atoms with Gasteiger partial charge in [-0.05, 0) is 12.8 Å². The quantitative estimate of drug-likeness (QED) is 0.617. The minimum atomic E-state index is -0.381. The highest BCUT2D eigenvalue weighted by Crippen LogP contribution is 2.22. The van der Waals surface area contributed by atoms with Crippen molar-refractivity contribution in [1.82, 2.24) is 0 Å². The Bertz CT molecular complexity index is 239. The van der Waals surface area contributed by atoms with Crippen LogP contribution in [0.1, 0.15) is 32.1 Å². The molecule has 1 heterocycles. The summed E-state index contributed by atoms with van der Waals surface area (Å²) in [7, 11) is 0. The van der Waals surface area contributed by atoms with Crippen molar-refractivity contribution in [3.05, 3.63) is 0 Å². The number of ether oxygens (including phenoxy) is 2. The Morgan fingerprint density at radius 1 is 1.14 bits per heavy atom. The van der Waals surface area contributed by atoms with Gasteiger partial charge in [-0.25, -0.2) is 4.79 Å². The molecule has 1 aliphatic heterocycles. The summed E-state index contributed by atoms with van der Waals surface area (Å²) in [6.07, 6.45) is 3.03. The van der Waals surface area contributed by atoms with Gasteiger partial charge in [-0.15, -0.1) is 0 Å². The van der Waals surface area contributed by atoms with Crippen molar-refractivity contribution in [3.63, 3.8) is 0 Å². The van der Waals surface area contributed by atoms with Crippen LogP contribution in [0.25, 0.3) is 0 Å². The molecule has 0 amide bonds. The average Bonchev–Trinajstić information content (AvgIpc) is 2.56. The standard InChI is InChI=1S/C10H14O4/c11-7-1-3-8(4-2-7)14-9-5-6-13-10(9)12/h8-9H,1-6H2.